The summed E-state index contributed by atoms with van der Waals surface area (Å²) in [5.74, 6) is 0.0798. The van der Waals surface area contributed by atoms with Crippen molar-refractivity contribution in [3.05, 3.63) is 27.0 Å². The Bertz CT molecular complexity index is 727. The molecule has 112 valence electrons. The van der Waals surface area contributed by atoms with E-state index in [-0.39, 0.29) is 18.6 Å². The first kappa shape index (κ1) is 14.9. The van der Waals surface area contributed by atoms with Crippen LogP contribution in [-0.4, -0.2) is 35.3 Å². The zero-order valence-corrected chi connectivity index (χ0v) is 12.1. The van der Waals surface area contributed by atoms with Crippen LogP contribution in [0.25, 0.3) is 0 Å². The van der Waals surface area contributed by atoms with E-state index in [0.29, 0.717) is 12.8 Å². The minimum Gasteiger partial charge on any atom is -0.393 e. The lowest BCUT2D eigenvalue weighted by Gasteiger charge is -2.31. The molecule has 0 aliphatic heterocycles. The highest BCUT2D eigenvalue weighted by Crippen LogP contribution is 2.26. The highest BCUT2D eigenvalue weighted by atomic mass is 32.2. The van der Waals surface area contributed by atoms with E-state index >= 15 is 0 Å². The number of hydrogen-bond donors (Lipinski definition) is 2. The third kappa shape index (κ3) is 2.69. The Morgan fingerprint density at radius 1 is 1.35 bits per heavy atom. The van der Waals surface area contributed by atoms with Crippen LogP contribution in [0.4, 0.5) is 0 Å². The van der Waals surface area contributed by atoms with Crippen molar-refractivity contribution in [3.8, 4) is 0 Å². The standard InChI is InChI=1S/C11H17N3O5S/c1-13-6-9(10(16)14(2)11(13)17)20(18,19)12-5-7-3-8(15)4-7/h6-8,12,15H,3-5H2,1-2H3. The Balaban J connectivity index is 2.26. The zero-order valence-electron chi connectivity index (χ0n) is 11.2. The van der Waals surface area contributed by atoms with Crippen LogP contribution in [-0.2, 0) is 24.1 Å². The van der Waals surface area contributed by atoms with Crippen LogP contribution in [0.1, 0.15) is 12.8 Å². The molecule has 1 heterocycles. The summed E-state index contributed by atoms with van der Waals surface area (Å²) in [7, 11) is -1.36. The smallest absolute Gasteiger partial charge is 0.330 e. The SMILES string of the molecule is Cn1cc(S(=O)(=O)NCC2CC(O)C2)c(=O)n(C)c1=O. The minimum atomic E-state index is -3.97. The van der Waals surface area contributed by atoms with Crippen molar-refractivity contribution in [1.82, 2.24) is 13.9 Å². The molecule has 1 saturated carbocycles. The highest BCUT2D eigenvalue weighted by Gasteiger charge is 2.29. The monoisotopic (exact) mass is 303 g/mol. The molecule has 0 bridgehead atoms. The van der Waals surface area contributed by atoms with Crippen molar-refractivity contribution < 1.29 is 13.5 Å². The molecule has 0 radical (unpaired) electrons. The van der Waals surface area contributed by atoms with Gasteiger partial charge in [0.15, 0.2) is 4.90 Å². The van der Waals surface area contributed by atoms with Gasteiger partial charge in [-0.25, -0.2) is 17.9 Å². The van der Waals surface area contributed by atoms with Crippen molar-refractivity contribution in [3.63, 3.8) is 0 Å². The molecule has 20 heavy (non-hydrogen) atoms. The van der Waals surface area contributed by atoms with Crippen molar-refractivity contribution >= 4 is 10.0 Å². The number of sulfonamides is 1. The van der Waals surface area contributed by atoms with E-state index < -0.39 is 26.2 Å². The van der Waals surface area contributed by atoms with Crippen LogP contribution in [0.2, 0.25) is 0 Å². The van der Waals surface area contributed by atoms with Gasteiger partial charge in [0.05, 0.1) is 6.10 Å². The summed E-state index contributed by atoms with van der Waals surface area (Å²) in [5.41, 5.74) is -1.44. The van der Waals surface area contributed by atoms with E-state index in [2.05, 4.69) is 4.72 Å². The average Bonchev–Trinajstić information content (AvgIpc) is 2.35. The van der Waals surface area contributed by atoms with E-state index in [1.165, 1.54) is 14.1 Å². The van der Waals surface area contributed by atoms with Gasteiger partial charge in [-0.15, -0.1) is 0 Å². The Hall–Kier alpha value is -1.45. The van der Waals surface area contributed by atoms with Crippen LogP contribution < -0.4 is 16.0 Å². The molecular weight excluding hydrogens is 286 g/mol. The van der Waals surface area contributed by atoms with Crippen molar-refractivity contribution in [2.24, 2.45) is 20.0 Å². The number of nitrogens with one attached hydrogen (secondary N) is 1. The first-order chi connectivity index (χ1) is 9.22. The van der Waals surface area contributed by atoms with Crippen molar-refractivity contribution in [2.75, 3.05) is 6.54 Å². The second kappa shape index (κ2) is 5.15. The summed E-state index contributed by atoms with van der Waals surface area (Å²) < 4.78 is 28.3. The lowest BCUT2D eigenvalue weighted by Crippen LogP contribution is -2.43. The number of rotatable bonds is 4. The molecule has 8 nitrogen and oxygen atoms in total. The fraction of sp³-hybridized carbons (Fsp3) is 0.636. The molecular formula is C11H17N3O5S. The van der Waals surface area contributed by atoms with Crippen LogP contribution in [0.15, 0.2) is 20.7 Å². The molecule has 0 atom stereocenters. The molecule has 0 spiro atoms. The predicted octanol–water partition coefficient (Wildman–Crippen LogP) is -1.87. The first-order valence-electron chi connectivity index (χ1n) is 6.16. The number of aliphatic hydroxyl groups is 1. The Kier molecular flexibility index (Phi) is 3.85. The van der Waals surface area contributed by atoms with Crippen LogP contribution in [0, 0.1) is 5.92 Å². The molecule has 0 saturated heterocycles. The third-order valence-corrected chi connectivity index (χ3v) is 4.88. The summed E-state index contributed by atoms with van der Waals surface area (Å²) in [5, 5.41) is 9.14. The summed E-state index contributed by atoms with van der Waals surface area (Å²) in [6, 6.07) is 0. The van der Waals surface area contributed by atoms with Gasteiger partial charge in [-0.05, 0) is 18.8 Å². The topological polar surface area (TPSA) is 110 Å². The van der Waals surface area contributed by atoms with Gasteiger partial charge in [-0.3, -0.25) is 9.36 Å². The lowest BCUT2D eigenvalue weighted by molar-refractivity contribution is 0.0453. The van der Waals surface area contributed by atoms with E-state index in [9.17, 15) is 18.0 Å². The number of nitrogens with zero attached hydrogens (tertiary/aromatic N) is 2. The fourth-order valence-corrected chi connectivity index (χ4v) is 3.41. The molecule has 0 unspecified atom stereocenters. The number of aromatic nitrogens is 2. The molecule has 1 aliphatic rings. The number of hydrogen-bond acceptors (Lipinski definition) is 5. The summed E-state index contributed by atoms with van der Waals surface area (Å²) in [4.78, 5) is 22.9. The maximum absolute atomic E-state index is 12.1. The van der Waals surface area contributed by atoms with Crippen LogP contribution in [0.5, 0.6) is 0 Å². The number of aliphatic hydroxyl groups excluding tert-OH is 1. The minimum absolute atomic E-state index is 0.0798. The molecule has 0 amide bonds. The average molecular weight is 303 g/mol. The summed E-state index contributed by atoms with van der Waals surface area (Å²) >= 11 is 0. The second-order valence-corrected chi connectivity index (χ2v) is 6.83. The van der Waals surface area contributed by atoms with Crippen molar-refractivity contribution in [2.45, 2.75) is 23.8 Å². The molecule has 2 N–H and O–H groups in total. The van der Waals surface area contributed by atoms with Crippen molar-refractivity contribution in [1.29, 1.82) is 0 Å². The predicted molar refractivity (Wildman–Crippen MR) is 70.8 cm³/mol. The lowest BCUT2D eigenvalue weighted by atomic mass is 9.83. The largest absolute Gasteiger partial charge is 0.393 e. The van der Waals surface area contributed by atoms with Gasteiger partial charge in [0.2, 0.25) is 10.0 Å². The molecule has 1 fully saturated rings. The van der Waals surface area contributed by atoms with Gasteiger partial charge < -0.3 is 9.67 Å². The maximum atomic E-state index is 12.1. The van der Waals surface area contributed by atoms with Crippen LogP contribution >= 0.6 is 0 Å². The molecule has 0 aromatic carbocycles. The van der Waals surface area contributed by atoms with E-state index in [4.69, 9.17) is 5.11 Å². The normalized spacial score (nSPS) is 22.6. The van der Waals surface area contributed by atoms with Gasteiger partial charge in [0.1, 0.15) is 0 Å². The number of aryl methyl sites for hydroxylation is 1. The molecule has 1 aliphatic carbocycles. The Labute approximate surface area is 115 Å². The van der Waals surface area contributed by atoms with Gasteiger partial charge in [0.25, 0.3) is 5.56 Å². The van der Waals surface area contributed by atoms with Gasteiger partial charge in [0, 0.05) is 26.8 Å². The van der Waals surface area contributed by atoms with Crippen LogP contribution in [0.3, 0.4) is 0 Å². The Morgan fingerprint density at radius 2 is 1.95 bits per heavy atom. The molecule has 9 heteroatoms. The van der Waals surface area contributed by atoms with E-state index in [1.54, 1.807) is 0 Å². The third-order valence-electron chi connectivity index (χ3n) is 3.48. The summed E-state index contributed by atoms with van der Waals surface area (Å²) in [6.07, 6.45) is 1.75. The zero-order chi connectivity index (χ0) is 15.1. The van der Waals surface area contributed by atoms with Gasteiger partial charge in [-0.2, -0.15) is 0 Å². The van der Waals surface area contributed by atoms with E-state index in [0.717, 1.165) is 15.3 Å². The fourth-order valence-electron chi connectivity index (χ4n) is 2.13. The quantitative estimate of drug-likeness (QED) is 0.677. The molecule has 2 rings (SSSR count). The molecule has 1 aromatic heterocycles. The molecule has 1 aromatic rings. The summed E-state index contributed by atoms with van der Waals surface area (Å²) in [6.45, 7) is 0.172. The Morgan fingerprint density at radius 3 is 2.50 bits per heavy atom. The maximum Gasteiger partial charge on any atom is 0.330 e. The van der Waals surface area contributed by atoms with Gasteiger partial charge in [-0.1, -0.05) is 0 Å². The first-order valence-corrected chi connectivity index (χ1v) is 7.65. The van der Waals surface area contributed by atoms with Gasteiger partial charge >= 0.3 is 5.69 Å². The van der Waals surface area contributed by atoms with E-state index in [1.807, 2.05) is 0 Å². The second-order valence-electron chi connectivity index (χ2n) is 5.09. The highest BCUT2D eigenvalue weighted by molar-refractivity contribution is 7.89.